The summed E-state index contributed by atoms with van der Waals surface area (Å²) in [4.78, 5) is 13.5. The summed E-state index contributed by atoms with van der Waals surface area (Å²) in [6, 6.07) is 16.6. The van der Waals surface area contributed by atoms with Crippen molar-refractivity contribution >= 4 is 16.9 Å². The Kier molecular flexibility index (Phi) is 10.3. The molecule has 0 aliphatic rings. The van der Waals surface area contributed by atoms with Gasteiger partial charge in [-0.15, -0.1) is 0 Å². The number of carbonyl (C=O) groups excluding carboxylic acids is 1. The first-order chi connectivity index (χ1) is 13.2. The molecule has 0 radical (unpaired) electrons. The van der Waals surface area contributed by atoms with Gasteiger partial charge in [0.05, 0.1) is 0 Å². The van der Waals surface area contributed by atoms with E-state index in [0.717, 1.165) is 23.3 Å². The predicted octanol–water partition coefficient (Wildman–Crippen LogP) is 7.86. The van der Waals surface area contributed by atoms with Gasteiger partial charge in [-0.3, -0.25) is 4.79 Å². The lowest BCUT2D eigenvalue weighted by molar-refractivity contribution is 0.108. The lowest BCUT2D eigenvalue weighted by atomic mass is 10.0. The van der Waals surface area contributed by atoms with Gasteiger partial charge in [0.25, 0.3) is 0 Å². The number of rotatable bonds is 12. The standard InChI is InChI=1S/C25H34OS/c1-3-5-7-8-9-10-12-22-13-17-23(18-14-22)25(26)27-24-19-15-21(16-20-24)11-6-4-2/h13-20H,3-12H2,1-2H3. The summed E-state index contributed by atoms with van der Waals surface area (Å²) in [6.45, 7) is 4.46. The van der Waals surface area contributed by atoms with E-state index >= 15 is 0 Å². The molecule has 0 heterocycles. The summed E-state index contributed by atoms with van der Waals surface area (Å²) in [7, 11) is 0. The highest BCUT2D eigenvalue weighted by Crippen LogP contribution is 2.24. The number of aryl methyl sites for hydroxylation is 2. The van der Waals surface area contributed by atoms with Crippen molar-refractivity contribution in [2.75, 3.05) is 0 Å². The second-order valence-corrected chi connectivity index (χ2v) is 8.40. The molecule has 0 bridgehead atoms. The Morgan fingerprint density at radius 3 is 1.81 bits per heavy atom. The molecule has 2 heteroatoms. The molecule has 0 aromatic heterocycles. The third-order valence-corrected chi connectivity index (χ3v) is 5.89. The zero-order valence-electron chi connectivity index (χ0n) is 17.0. The number of hydrogen-bond acceptors (Lipinski definition) is 2. The molecule has 0 saturated heterocycles. The summed E-state index contributed by atoms with van der Waals surface area (Å²) < 4.78 is 0. The maximum absolute atomic E-state index is 12.5. The van der Waals surface area contributed by atoms with Crippen LogP contribution in [0.5, 0.6) is 0 Å². The van der Waals surface area contributed by atoms with Crippen molar-refractivity contribution < 1.29 is 4.79 Å². The summed E-state index contributed by atoms with van der Waals surface area (Å²) in [5, 5.41) is 0.127. The minimum Gasteiger partial charge on any atom is -0.281 e. The van der Waals surface area contributed by atoms with Crippen LogP contribution in [-0.4, -0.2) is 5.12 Å². The molecular formula is C25H34OS. The zero-order valence-corrected chi connectivity index (χ0v) is 17.8. The van der Waals surface area contributed by atoms with Crippen molar-refractivity contribution in [1.29, 1.82) is 0 Å². The van der Waals surface area contributed by atoms with Crippen LogP contribution in [0.4, 0.5) is 0 Å². The van der Waals surface area contributed by atoms with Crippen LogP contribution in [0.1, 0.15) is 86.7 Å². The molecular weight excluding hydrogens is 348 g/mol. The predicted molar refractivity (Wildman–Crippen MR) is 119 cm³/mol. The Morgan fingerprint density at radius 2 is 1.19 bits per heavy atom. The fourth-order valence-corrected chi connectivity index (χ4v) is 3.93. The molecule has 2 aromatic carbocycles. The first kappa shape index (κ1) is 21.8. The van der Waals surface area contributed by atoms with Crippen LogP contribution >= 0.6 is 11.8 Å². The maximum Gasteiger partial charge on any atom is 0.224 e. The van der Waals surface area contributed by atoms with Crippen LogP contribution in [0.2, 0.25) is 0 Å². The van der Waals surface area contributed by atoms with Gasteiger partial charge in [0, 0.05) is 10.5 Å². The summed E-state index contributed by atoms with van der Waals surface area (Å²) in [5.74, 6) is 0. The number of unbranched alkanes of at least 4 members (excludes halogenated alkanes) is 6. The normalized spacial score (nSPS) is 10.9. The molecule has 0 saturated carbocycles. The van der Waals surface area contributed by atoms with Crippen LogP contribution in [0, 0.1) is 0 Å². The van der Waals surface area contributed by atoms with Gasteiger partial charge in [-0.1, -0.05) is 88.8 Å². The van der Waals surface area contributed by atoms with Crippen molar-refractivity contribution in [2.45, 2.75) is 83.0 Å². The van der Waals surface area contributed by atoms with Crippen LogP contribution in [-0.2, 0) is 12.8 Å². The highest BCUT2D eigenvalue weighted by Gasteiger charge is 2.08. The lowest BCUT2D eigenvalue weighted by Crippen LogP contribution is -1.94. The molecule has 0 aliphatic heterocycles. The molecule has 2 aromatic rings. The zero-order chi connectivity index (χ0) is 19.3. The van der Waals surface area contributed by atoms with Crippen LogP contribution in [0.25, 0.3) is 0 Å². The Balaban J connectivity index is 1.77. The Hall–Kier alpha value is -1.54. The van der Waals surface area contributed by atoms with E-state index < -0.39 is 0 Å². The van der Waals surface area contributed by atoms with E-state index in [1.807, 2.05) is 12.1 Å². The number of hydrogen-bond donors (Lipinski definition) is 0. The minimum absolute atomic E-state index is 0.127. The lowest BCUT2D eigenvalue weighted by Gasteiger charge is -2.05. The van der Waals surface area contributed by atoms with Gasteiger partial charge in [0.1, 0.15) is 0 Å². The van der Waals surface area contributed by atoms with E-state index in [0.29, 0.717) is 0 Å². The number of thioether (sulfide) groups is 1. The highest BCUT2D eigenvalue weighted by molar-refractivity contribution is 8.14. The van der Waals surface area contributed by atoms with Gasteiger partial charge in [-0.2, -0.15) is 0 Å². The third-order valence-electron chi connectivity index (χ3n) is 4.96. The topological polar surface area (TPSA) is 17.1 Å². The number of carbonyl (C=O) groups is 1. The van der Waals surface area contributed by atoms with Crippen LogP contribution in [0.3, 0.4) is 0 Å². The molecule has 0 spiro atoms. The first-order valence-electron chi connectivity index (χ1n) is 10.6. The smallest absolute Gasteiger partial charge is 0.224 e. The summed E-state index contributed by atoms with van der Waals surface area (Å²) in [6.07, 6.45) is 12.6. The second kappa shape index (κ2) is 12.8. The monoisotopic (exact) mass is 382 g/mol. The summed E-state index contributed by atoms with van der Waals surface area (Å²) in [5.41, 5.74) is 3.49. The van der Waals surface area contributed by atoms with E-state index in [1.54, 1.807) is 0 Å². The molecule has 1 nitrogen and oxygen atoms in total. The van der Waals surface area contributed by atoms with Crippen molar-refractivity contribution in [3.05, 3.63) is 65.2 Å². The van der Waals surface area contributed by atoms with Crippen molar-refractivity contribution in [2.24, 2.45) is 0 Å². The molecule has 0 amide bonds. The Morgan fingerprint density at radius 1 is 0.667 bits per heavy atom. The molecule has 0 N–H and O–H groups in total. The molecule has 0 unspecified atom stereocenters. The van der Waals surface area contributed by atoms with Crippen molar-refractivity contribution in [1.82, 2.24) is 0 Å². The fourth-order valence-electron chi connectivity index (χ4n) is 3.19. The van der Waals surface area contributed by atoms with Gasteiger partial charge in [-0.25, -0.2) is 0 Å². The van der Waals surface area contributed by atoms with Crippen LogP contribution in [0.15, 0.2) is 53.4 Å². The number of benzene rings is 2. The average molecular weight is 383 g/mol. The largest absolute Gasteiger partial charge is 0.281 e. The fraction of sp³-hybridized carbons (Fsp3) is 0.480. The van der Waals surface area contributed by atoms with Gasteiger partial charge in [0.15, 0.2) is 0 Å². The molecule has 2 rings (SSSR count). The Labute approximate surface area is 170 Å². The van der Waals surface area contributed by atoms with Crippen molar-refractivity contribution in [3.8, 4) is 0 Å². The van der Waals surface area contributed by atoms with Crippen LogP contribution < -0.4 is 0 Å². The van der Waals surface area contributed by atoms with E-state index in [4.69, 9.17) is 0 Å². The first-order valence-corrected chi connectivity index (χ1v) is 11.4. The van der Waals surface area contributed by atoms with E-state index in [2.05, 4.69) is 50.2 Å². The van der Waals surface area contributed by atoms with Crippen molar-refractivity contribution in [3.63, 3.8) is 0 Å². The average Bonchev–Trinajstić information content (AvgIpc) is 2.70. The molecule has 0 fully saturated rings. The summed E-state index contributed by atoms with van der Waals surface area (Å²) >= 11 is 1.33. The second-order valence-electron chi connectivity index (χ2n) is 7.35. The van der Waals surface area contributed by atoms with Gasteiger partial charge >= 0.3 is 0 Å². The molecule has 0 aliphatic carbocycles. The highest BCUT2D eigenvalue weighted by atomic mass is 32.2. The minimum atomic E-state index is 0.127. The molecule has 0 atom stereocenters. The van der Waals surface area contributed by atoms with Gasteiger partial charge < -0.3 is 0 Å². The Bertz CT molecular complexity index is 658. The van der Waals surface area contributed by atoms with E-state index in [9.17, 15) is 4.79 Å². The molecule has 146 valence electrons. The van der Waals surface area contributed by atoms with Gasteiger partial charge in [0.2, 0.25) is 5.12 Å². The van der Waals surface area contributed by atoms with E-state index in [1.165, 1.54) is 74.3 Å². The quantitative estimate of drug-likeness (QED) is 0.274. The molecule has 27 heavy (non-hydrogen) atoms. The third kappa shape index (κ3) is 8.34. The van der Waals surface area contributed by atoms with Gasteiger partial charge in [-0.05, 0) is 60.7 Å². The SMILES string of the molecule is CCCCCCCCc1ccc(C(=O)Sc2ccc(CCCC)cc2)cc1. The maximum atomic E-state index is 12.5. The van der Waals surface area contributed by atoms with E-state index in [-0.39, 0.29) is 5.12 Å².